The average Bonchev–Trinajstić information content (AvgIpc) is 2.19. The molecule has 0 saturated heterocycles. The fourth-order valence-corrected chi connectivity index (χ4v) is 1.88. The van der Waals surface area contributed by atoms with Crippen molar-refractivity contribution in [2.24, 2.45) is 11.7 Å². The Morgan fingerprint density at radius 1 is 1.38 bits per heavy atom. The van der Waals surface area contributed by atoms with Crippen LogP contribution < -0.4 is 5.73 Å². The minimum absolute atomic E-state index is 0. The molecule has 0 unspecified atom stereocenters. The van der Waals surface area contributed by atoms with Crippen molar-refractivity contribution in [1.82, 2.24) is 0 Å². The highest BCUT2D eigenvalue weighted by Gasteiger charge is 2.22. The first-order chi connectivity index (χ1) is 6.93. The summed E-state index contributed by atoms with van der Waals surface area (Å²) in [6.45, 7) is 3.71. The molecule has 0 aliphatic carbocycles. The van der Waals surface area contributed by atoms with E-state index >= 15 is 0 Å². The fourth-order valence-electron chi connectivity index (χ4n) is 1.37. The zero-order valence-corrected chi connectivity index (χ0v) is 12.1. The molecule has 2 atom stereocenters. The number of benzene rings is 1. The van der Waals surface area contributed by atoms with Crippen molar-refractivity contribution in [3.05, 3.63) is 33.1 Å². The number of hydrogen-bond donors (Lipinski definition) is 2. The quantitative estimate of drug-likeness (QED) is 0.815. The maximum absolute atomic E-state index is 13.4. The second-order valence-electron chi connectivity index (χ2n) is 3.93. The van der Waals surface area contributed by atoms with Gasteiger partial charge in [0.05, 0.1) is 12.1 Å². The molecule has 0 aromatic heterocycles. The van der Waals surface area contributed by atoms with Crippen LogP contribution in [0, 0.1) is 15.3 Å². The molecule has 1 rings (SSSR count). The van der Waals surface area contributed by atoms with Gasteiger partial charge in [0, 0.05) is 9.13 Å². The van der Waals surface area contributed by atoms with E-state index in [2.05, 4.69) is 22.6 Å². The molecule has 1 aromatic carbocycles. The topological polar surface area (TPSA) is 46.2 Å². The van der Waals surface area contributed by atoms with Crippen LogP contribution in [0.2, 0.25) is 0 Å². The molecule has 1 aromatic rings. The minimum atomic E-state index is -0.724. The van der Waals surface area contributed by atoms with Gasteiger partial charge in [0.25, 0.3) is 0 Å². The van der Waals surface area contributed by atoms with E-state index in [0.717, 1.165) is 3.57 Å². The highest BCUT2D eigenvalue weighted by Crippen LogP contribution is 2.23. The van der Waals surface area contributed by atoms with Crippen LogP contribution in [0.1, 0.15) is 25.5 Å². The summed E-state index contributed by atoms with van der Waals surface area (Å²) in [7, 11) is 0. The fraction of sp³-hybridized carbons (Fsp3) is 0.455. The molecule has 16 heavy (non-hydrogen) atoms. The summed E-state index contributed by atoms with van der Waals surface area (Å²) < 4.78 is 14.4. The molecule has 92 valence electrons. The predicted octanol–water partition coefficient (Wildman–Crippen LogP) is 2.87. The Morgan fingerprint density at radius 2 is 1.94 bits per heavy atom. The van der Waals surface area contributed by atoms with E-state index in [4.69, 9.17) is 5.73 Å². The van der Waals surface area contributed by atoms with Gasteiger partial charge in [-0.1, -0.05) is 13.8 Å². The molecular formula is C11H16ClFINO. The predicted molar refractivity (Wildman–Crippen MR) is 74.1 cm³/mol. The molecule has 0 fully saturated rings. The van der Waals surface area contributed by atoms with Crippen molar-refractivity contribution in [3.8, 4) is 0 Å². The monoisotopic (exact) mass is 359 g/mol. The summed E-state index contributed by atoms with van der Waals surface area (Å²) in [4.78, 5) is 0. The van der Waals surface area contributed by atoms with Gasteiger partial charge in [0.15, 0.2) is 0 Å². The summed E-state index contributed by atoms with van der Waals surface area (Å²) in [6, 6.07) is 4.06. The zero-order chi connectivity index (χ0) is 11.6. The standard InChI is InChI=1S/C11H15FINO.ClH/c1-6(2)11(15)10(14)8-5-7(13)3-4-9(8)12;/h3-6,10-11,15H,14H2,1-2H3;1H/t10-,11+;/m1./s1. The van der Waals surface area contributed by atoms with Crippen LogP contribution >= 0.6 is 35.0 Å². The lowest BCUT2D eigenvalue weighted by molar-refractivity contribution is 0.0966. The van der Waals surface area contributed by atoms with Crippen molar-refractivity contribution < 1.29 is 9.50 Å². The molecule has 0 spiro atoms. The van der Waals surface area contributed by atoms with E-state index in [1.807, 2.05) is 13.8 Å². The first-order valence-electron chi connectivity index (χ1n) is 4.82. The van der Waals surface area contributed by atoms with Crippen LogP contribution in [-0.4, -0.2) is 11.2 Å². The number of hydrogen-bond acceptors (Lipinski definition) is 2. The maximum Gasteiger partial charge on any atom is 0.128 e. The Morgan fingerprint density at radius 3 is 2.44 bits per heavy atom. The Hall–Kier alpha value is 0.0900. The third-order valence-electron chi connectivity index (χ3n) is 2.37. The molecule has 0 radical (unpaired) electrons. The van der Waals surface area contributed by atoms with Crippen LogP contribution in [-0.2, 0) is 0 Å². The van der Waals surface area contributed by atoms with Gasteiger partial charge in [0.1, 0.15) is 5.82 Å². The lowest BCUT2D eigenvalue weighted by atomic mass is 9.94. The van der Waals surface area contributed by atoms with Crippen LogP contribution in [0.4, 0.5) is 4.39 Å². The van der Waals surface area contributed by atoms with Gasteiger partial charge in [-0.3, -0.25) is 0 Å². The summed E-state index contributed by atoms with van der Waals surface area (Å²) in [6.07, 6.45) is -0.724. The molecule has 0 saturated carbocycles. The third kappa shape index (κ3) is 3.84. The van der Waals surface area contributed by atoms with Crippen molar-refractivity contribution in [2.45, 2.75) is 26.0 Å². The molecule has 0 aliphatic heterocycles. The highest BCUT2D eigenvalue weighted by atomic mass is 127. The highest BCUT2D eigenvalue weighted by molar-refractivity contribution is 14.1. The molecule has 0 amide bonds. The van der Waals surface area contributed by atoms with E-state index < -0.39 is 12.1 Å². The summed E-state index contributed by atoms with van der Waals surface area (Å²) in [5, 5.41) is 9.77. The van der Waals surface area contributed by atoms with Gasteiger partial charge in [-0.15, -0.1) is 12.4 Å². The Bertz CT molecular complexity index is 349. The van der Waals surface area contributed by atoms with Gasteiger partial charge in [0.2, 0.25) is 0 Å². The van der Waals surface area contributed by atoms with Crippen LogP contribution in [0.25, 0.3) is 0 Å². The Balaban J connectivity index is 0.00000225. The number of aliphatic hydroxyl groups excluding tert-OH is 1. The number of aliphatic hydroxyl groups is 1. The lowest BCUT2D eigenvalue weighted by Gasteiger charge is -2.22. The summed E-state index contributed by atoms with van der Waals surface area (Å²) in [5.41, 5.74) is 6.19. The number of rotatable bonds is 3. The van der Waals surface area contributed by atoms with Gasteiger partial charge in [-0.25, -0.2) is 4.39 Å². The van der Waals surface area contributed by atoms with E-state index in [9.17, 15) is 9.50 Å². The maximum atomic E-state index is 13.4. The number of nitrogens with two attached hydrogens (primary N) is 1. The van der Waals surface area contributed by atoms with Crippen LogP contribution in [0.3, 0.4) is 0 Å². The first-order valence-corrected chi connectivity index (χ1v) is 5.90. The minimum Gasteiger partial charge on any atom is -0.391 e. The van der Waals surface area contributed by atoms with Crippen molar-refractivity contribution in [1.29, 1.82) is 0 Å². The van der Waals surface area contributed by atoms with Gasteiger partial charge in [-0.05, 0) is 46.7 Å². The first kappa shape index (κ1) is 16.1. The normalized spacial score (nSPS) is 14.4. The zero-order valence-electron chi connectivity index (χ0n) is 9.15. The van der Waals surface area contributed by atoms with E-state index in [0.29, 0.717) is 5.56 Å². The molecule has 0 bridgehead atoms. The molecule has 5 heteroatoms. The largest absolute Gasteiger partial charge is 0.391 e. The van der Waals surface area contributed by atoms with E-state index in [1.54, 1.807) is 12.1 Å². The van der Waals surface area contributed by atoms with Crippen molar-refractivity contribution in [2.75, 3.05) is 0 Å². The summed E-state index contributed by atoms with van der Waals surface area (Å²) in [5.74, 6) is -0.347. The smallest absolute Gasteiger partial charge is 0.128 e. The van der Waals surface area contributed by atoms with Gasteiger partial charge in [-0.2, -0.15) is 0 Å². The molecule has 0 heterocycles. The van der Waals surface area contributed by atoms with Crippen LogP contribution in [0.5, 0.6) is 0 Å². The molecule has 3 N–H and O–H groups in total. The molecule has 2 nitrogen and oxygen atoms in total. The van der Waals surface area contributed by atoms with Gasteiger partial charge < -0.3 is 10.8 Å². The van der Waals surface area contributed by atoms with E-state index in [1.165, 1.54) is 6.07 Å². The van der Waals surface area contributed by atoms with E-state index in [-0.39, 0.29) is 24.1 Å². The summed E-state index contributed by atoms with van der Waals surface area (Å²) >= 11 is 2.09. The Kier molecular flexibility index (Phi) is 6.77. The van der Waals surface area contributed by atoms with Crippen LogP contribution in [0.15, 0.2) is 18.2 Å². The van der Waals surface area contributed by atoms with Crippen molar-refractivity contribution >= 4 is 35.0 Å². The Labute approximate surface area is 115 Å². The lowest BCUT2D eigenvalue weighted by Crippen LogP contribution is -2.31. The SMILES string of the molecule is CC(C)[C@H](O)[C@H](N)c1cc(I)ccc1F.Cl. The second kappa shape index (κ2) is 6.74. The second-order valence-corrected chi connectivity index (χ2v) is 5.17. The van der Waals surface area contributed by atoms with Gasteiger partial charge >= 0.3 is 0 Å². The average molecular weight is 360 g/mol. The molecular weight excluding hydrogens is 343 g/mol. The number of halogens is 3. The molecule has 0 aliphatic rings. The third-order valence-corrected chi connectivity index (χ3v) is 3.04. The van der Waals surface area contributed by atoms with Crippen molar-refractivity contribution in [3.63, 3.8) is 0 Å².